The van der Waals surface area contributed by atoms with Crippen molar-refractivity contribution in [3.63, 3.8) is 0 Å². The Labute approximate surface area is 173 Å². The van der Waals surface area contributed by atoms with Crippen molar-refractivity contribution < 1.29 is 14.3 Å². The first-order valence-corrected chi connectivity index (χ1v) is 9.86. The molecule has 0 radical (unpaired) electrons. The van der Waals surface area contributed by atoms with Gasteiger partial charge in [-0.15, -0.1) is 12.4 Å². The minimum Gasteiger partial charge on any atom is -0.384 e. The summed E-state index contributed by atoms with van der Waals surface area (Å²) < 4.78 is 5.44. The summed E-state index contributed by atoms with van der Waals surface area (Å²) in [4.78, 5) is 27.8. The number of piperidine rings is 1. The van der Waals surface area contributed by atoms with Gasteiger partial charge in [0.1, 0.15) is 5.54 Å². The first-order chi connectivity index (χ1) is 13.0. The van der Waals surface area contributed by atoms with Crippen LogP contribution in [0.5, 0.6) is 0 Å². The van der Waals surface area contributed by atoms with Crippen LogP contribution in [0.4, 0.5) is 0 Å². The van der Waals surface area contributed by atoms with Crippen LogP contribution in [0.3, 0.4) is 0 Å². The molecule has 156 valence electrons. The summed E-state index contributed by atoms with van der Waals surface area (Å²) in [5.74, 6) is -0.127. The SMILES string of the molecule is COCC1(CNC(=O)C2(C)CCCN2C(=O)c2ccccc2)CCNCC1.Cl. The van der Waals surface area contributed by atoms with Gasteiger partial charge in [-0.2, -0.15) is 0 Å². The fraction of sp³-hybridized carbons (Fsp3) is 0.619. The molecule has 2 aliphatic rings. The zero-order valence-electron chi connectivity index (χ0n) is 16.8. The fourth-order valence-corrected chi connectivity index (χ4v) is 4.36. The maximum Gasteiger partial charge on any atom is 0.254 e. The number of carbonyl (C=O) groups excluding carboxylic acids is 2. The van der Waals surface area contributed by atoms with E-state index in [1.807, 2.05) is 37.3 Å². The number of carbonyl (C=O) groups is 2. The number of rotatable bonds is 6. The molecule has 1 aromatic rings. The molecule has 2 saturated heterocycles. The highest BCUT2D eigenvalue weighted by molar-refractivity contribution is 5.99. The van der Waals surface area contributed by atoms with Gasteiger partial charge in [-0.1, -0.05) is 18.2 Å². The lowest BCUT2D eigenvalue weighted by atomic mass is 9.79. The number of amides is 2. The molecule has 6 nitrogen and oxygen atoms in total. The van der Waals surface area contributed by atoms with Gasteiger partial charge in [0.15, 0.2) is 0 Å². The number of hydrogen-bond donors (Lipinski definition) is 2. The van der Waals surface area contributed by atoms with Crippen molar-refractivity contribution in [3.8, 4) is 0 Å². The standard InChI is InChI=1S/C21H31N3O3.ClH/c1-20(9-6-14-24(20)18(25)17-7-4-3-5-8-17)19(26)23-15-21(16-27-2)10-12-22-13-11-21;/h3-5,7-8,22H,6,9-16H2,1-2H3,(H,23,26);1H. The second-order valence-corrected chi connectivity index (χ2v) is 8.07. The molecule has 7 heteroatoms. The Morgan fingerprint density at radius 2 is 1.86 bits per heavy atom. The molecule has 2 amide bonds. The molecule has 2 heterocycles. The summed E-state index contributed by atoms with van der Waals surface area (Å²) in [5.41, 5.74) is -0.194. The molecule has 0 saturated carbocycles. The largest absolute Gasteiger partial charge is 0.384 e. The molecule has 3 rings (SSSR count). The van der Waals surface area contributed by atoms with Gasteiger partial charge >= 0.3 is 0 Å². The third-order valence-electron chi connectivity index (χ3n) is 6.13. The van der Waals surface area contributed by atoms with E-state index in [2.05, 4.69) is 10.6 Å². The third kappa shape index (κ3) is 4.67. The summed E-state index contributed by atoms with van der Waals surface area (Å²) in [5, 5.41) is 6.52. The second-order valence-electron chi connectivity index (χ2n) is 8.07. The van der Waals surface area contributed by atoms with Crippen LogP contribution in [0.1, 0.15) is 43.0 Å². The van der Waals surface area contributed by atoms with E-state index in [4.69, 9.17) is 4.74 Å². The molecular weight excluding hydrogens is 378 g/mol. The van der Waals surface area contributed by atoms with Crippen molar-refractivity contribution in [3.05, 3.63) is 35.9 Å². The van der Waals surface area contributed by atoms with Gasteiger partial charge in [0.2, 0.25) is 5.91 Å². The Bertz CT molecular complexity index is 659. The van der Waals surface area contributed by atoms with Gasteiger partial charge in [-0.3, -0.25) is 9.59 Å². The van der Waals surface area contributed by atoms with Crippen molar-refractivity contribution in [1.82, 2.24) is 15.5 Å². The van der Waals surface area contributed by atoms with Crippen molar-refractivity contribution in [2.24, 2.45) is 5.41 Å². The summed E-state index contributed by atoms with van der Waals surface area (Å²) in [6.45, 7) is 5.61. The number of likely N-dealkylation sites (tertiary alicyclic amines) is 1. The van der Waals surface area contributed by atoms with E-state index < -0.39 is 5.54 Å². The van der Waals surface area contributed by atoms with Crippen molar-refractivity contribution in [2.75, 3.05) is 39.9 Å². The Hall–Kier alpha value is -1.63. The molecule has 0 bridgehead atoms. The van der Waals surface area contributed by atoms with Crippen molar-refractivity contribution in [1.29, 1.82) is 0 Å². The highest BCUT2D eigenvalue weighted by atomic mass is 35.5. The summed E-state index contributed by atoms with van der Waals surface area (Å²) >= 11 is 0. The van der Waals surface area contributed by atoms with Crippen LogP contribution >= 0.6 is 12.4 Å². The molecule has 0 aliphatic carbocycles. The maximum absolute atomic E-state index is 13.1. The number of halogens is 1. The average Bonchev–Trinajstić information content (AvgIpc) is 3.10. The van der Waals surface area contributed by atoms with E-state index in [-0.39, 0.29) is 29.6 Å². The summed E-state index contributed by atoms with van der Waals surface area (Å²) in [7, 11) is 1.71. The van der Waals surface area contributed by atoms with Crippen LogP contribution in [0.2, 0.25) is 0 Å². The number of benzene rings is 1. The molecule has 2 N–H and O–H groups in total. The highest BCUT2D eigenvalue weighted by Crippen LogP contribution is 2.32. The van der Waals surface area contributed by atoms with Gasteiger partial charge in [0.05, 0.1) is 6.61 Å². The van der Waals surface area contributed by atoms with E-state index in [9.17, 15) is 9.59 Å². The third-order valence-corrected chi connectivity index (χ3v) is 6.13. The number of hydrogen-bond acceptors (Lipinski definition) is 4. The monoisotopic (exact) mass is 409 g/mol. The highest BCUT2D eigenvalue weighted by Gasteiger charge is 2.46. The van der Waals surface area contributed by atoms with E-state index in [0.29, 0.717) is 31.7 Å². The quantitative estimate of drug-likeness (QED) is 0.755. The summed E-state index contributed by atoms with van der Waals surface area (Å²) in [6, 6.07) is 9.21. The Morgan fingerprint density at radius 3 is 2.50 bits per heavy atom. The predicted octanol–water partition coefficient (Wildman–Crippen LogP) is 2.24. The van der Waals surface area contributed by atoms with Gasteiger partial charge < -0.3 is 20.3 Å². The van der Waals surface area contributed by atoms with Gasteiger partial charge in [0.25, 0.3) is 5.91 Å². The minimum atomic E-state index is -0.798. The van der Waals surface area contributed by atoms with Crippen LogP contribution in [0.25, 0.3) is 0 Å². The van der Waals surface area contributed by atoms with Gasteiger partial charge in [-0.05, 0) is 57.8 Å². The zero-order valence-corrected chi connectivity index (χ0v) is 17.6. The van der Waals surface area contributed by atoms with Gasteiger partial charge in [-0.25, -0.2) is 0 Å². The van der Waals surface area contributed by atoms with Crippen molar-refractivity contribution in [2.45, 2.75) is 38.1 Å². The molecule has 0 spiro atoms. The zero-order chi connectivity index (χ0) is 19.3. The molecule has 28 heavy (non-hydrogen) atoms. The second kappa shape index (κ2) is 9.72. The maximum atomic E-state index is 13.1. The summed E-state index contributed by atoms with van der Waals surface area (Å²) in [6.07, 6.45) is 3.49. The van der Waals surface area contributed by atoms with Crippen LogP contribution < -0.4 is 10.6 Å². The molecular formula is C21H32ClN3O3. The van der Waals surface area contributed by atoms with E-state index in [1.54, 1.807) is 12.0 Å². The van der Waals surface area contributed by atoms with E-state index >= 15 is 0 Å². The average molecular weight is 410 g/mol. The molecule has 1 unspecified atom stereocenters. The van der Waals surface area contributed by atoms with Crippen LogP contribution in [0, 0.1) is 5.41 Å². The molecule has 0 aromatic heterocycles. The number of nitrogens with one attached hydrogen (secondary N) is 2. The minimum absolute atomic E-state index is 0. The number of ether oxygens (including phenoxy) is 1. The van der Waals surface area contributed by atoms with Crippen molar-refractivity contribution >= 4 is 24.2 Å². The Morgan fingerprint density at radius 1 is 1.18 bits per heavy atom. The van der Waals surface area contributed by atoms with Crippen LogP contribution in [0.15, 0.2) is 30.3 Å². The first-order valence-electron chi connectivity index (χ1n) is 9.86. The molecule has 1 aromatic carbocycles. The van der Waals surface area contributed by atoms with E-state index in [1.165, 1.54) is 0 Å². The Kier molecular flexibility index (Phi) is 7.87. The first kappa shape index (κ1) is 22.7. The lowest BCUT2D eigenvalue weighted by molar-refractivity contribution is -0.130. The predicted molar refractivity (Wildman–Crippen MR) is 112 cm³/mol. The smallest absolute Gasteiger partial charge is 0.254 e. The number of nitrogens with zero attached hydrogens (tertiary/aromatic N) is 1. The van der Waals surface area contributed by atoms with Crippen LogP contribution in [-0.4, -0.2) is 62.1 Å². The topological polar surface area (TPSA) is 70.7 Å². The number of methoxy groups -OCH3 is 1. The lowest BCUT2D eigenvalue weighted by Crippen LogP contribution is -2.57. The van der Waals surface area contributed by atoms with Gasteiger partial charge in [0, 0.05) is 31.2 Å². The lowest BCUT2D eigenvalue weighted by Gasteiger charge is -2.39. The fourth-order valence-electron chi connectivity index (χ4n) is 4.36. The van der Waals surface area contributed by atoms with Crippen LogP contribution in [-0.2, 0) is 9.53 Å². The molecule has 2 fully saturated rings. The molecule has 1 atom stereocenters. The normalized spacial score (nSPS) is 23.7. The Balaban J connectivity index is 0.00000280. The molecule has 2 aliphatic heterocycles. The van der Waals surface area contributed by atoms with E-state index in [0.717, 1.165) is 32.4 Å².